The lowest BCUT2D eigenvalue weighted by Gasteiger charge is -2.26. The molecule has 3 unspecified atom stereocenters. The summed E-state index contributed by atoms with van der Waals surface area (Å²) in [6, 6.07) is 4.02. The Bertz CT molecular complexity index is 382. The van der Waals surface area contributed by atoms with Crippen molar-refractivity contribution in [2.75, 3.05) is 6.54 Å². The first kappa shape index (κ1) is 15.0. The van der Waals surface area contributed by atoms with Crippen LogP contribution in [-0.4, -0.2) is 17.7 Å². The Morgan fingerprint density at radius 2 is 2.17 bits per heavy atom. The van der Waals surface area contributed by atoms with Crippen molar-refractivity contribution in [3.05, 3.63) is 36.3 Å². The third-order valence-electron chi connectivity index (χ3n) is 3.43. The zero-order valence-corrected chi connectivity index (χ0v) is 11.9. The normalized spacial score (nSPS) is 18.1. The van der Waals surface area contributed by atoms with Gasteiger partial charge in [0.2, 0.25) is 0 Å². The molecule has 0 aliphatic rings. The monoisotopic (exact) mass is 251 g/mol. The molecule has 3 atom stereocenters. The van der Waals surface area contributed by atoms with E-state index in [0.29, 0.717) is 24.3 Å². The standard InChI is InChI=1S/C15H25NO2/c1-6-7-11(2)13(4)16-10-15(5,17)14-9-8-12(3)18-14/h6,8-9,11,13,16-17H,1,7,10H2,2-5H3. The molecular weight excluding hydrogens is 226 g/mol. The van der Waals surface area contributed by atoms with Crippen molar-refractivity contribution >= 4 is 0 Å². The molecule has 102 valence electrons. The summed E-state index contributed by atoms with van der Waals surface area (Å²) in [4.78, 5) is 0. The van der Waals surface area contributed by atoms with Gasteiger partial charge >= 0.3 is 0 Å². The van der Waals surface area contributed by atoms with E-state index < -0.39 is 5.60 Å². The highest BCUT2D eigenvalue weighted by molar-refractivity contribution is 5.12. The maximum atomic E-state index is 10.4. The van der Waals surface area contributed by atoms with Gasteiger partial charge in [0.15, 0.2) is 0 Å². The number of aliphatic hydroxyl groups is 1. The van der Waals surface area contributed by atoms with Crippen LogP contribution in [0.4, 0.5) is 0 Å². The zero-order valence-electron chi connectivity index (χ0n) is 11.9. The van der Waals surface area contributed by atoms with Crippen LogP contribution in [0.5, 0.6) is 0 Å². The second kappa shape index (κ2) is 6.21. The molecule has 1 rings (SSSR count). The summed E-state index contributed by atoms with van der Waals surface area (Å²) in [5, 5.41) is 13.7. The molecule has 0 saturated heterocycles. The van der Waals surface area contributed by atoms with Crippen LogP contribution in [0.15, 0.2) is 29.2 Å². The number of aryl methyl sites for hydroxylation is 1. The Morgan fingerprint density at radius 1 is 1.50 bits per heavy atom. The lowest BCUT2D eigenvalue weighted by atomic mass is 9.98. The molecule has 0 bridgehead atoms. The Hall–Kier alpha value is -1.06. The first-order chi connectivity index (χ1) is 8.36. The Morgan fingerprint density at radius 3 is 2.67 bits per heavy atom. The van der Waals surface area contributed by atoms with Crippen LogP contribution in [-0.2, 0) is 5.60 Å². The van der Waals surface area contributed by atoms with Crippen molar-refractivity contribution in [3.8, 4) is 0 Å². The predicted octanol–water partition coefficient (Wildman–Crippen LogP) is 2.99. The number of hydrogen-bond donors (Lipinski definition) is 2. The molecule has 0 radical (unpaired) electrons. The van der Waals surface area contributed by atoms with Crippen molar-refractivity contribution < 1.29 is 9.52 Å². The molecular formula is C15H25NO2. The molecule has 0 fully saturated rings. The van der Waals surface area contributed by atoms with Gasteiger partial charge in [0, 0.05) is 12.6 Å². The molecule has 3 heteroatoms. The first-order valence-electron chi connectivity index (χ1n) is 6.50. The van der Waals surface area contributed by atoms with E-state index in [4.69, 9.17) is 4.42 Å². The van der Waals surface area contributed by atoms with Gasteiger partial charge in [0.25, 0.3) is 0 Å². The number of allylic oxidation sites excluding steroid dienone is 1. The fraction of sp³-hybridized carbons (Fsp3) is 0.600. The largest absolute Gasteiger partial charge is 0.463 e. The average molecular weight is 251 g/mol. The van der Waals surface area contributed by atoms with Crippen molar-refractivity contribution in [1.82, 2.24) is 5.32 Å². The van der Waals surface area contributed by atoms with Gasteiger partial charge in [0.05, 0.1) is 0 Å². The molecule has 0 aliphatic heterocycles. The summed E-state index contributed by atoms with van der Waals surface area (Å²) in [6.45, 7) is 12.2. The molecule has 0 aliphatic carbocycles. The van der Waals surface area contributed by atoms with E-state index in [-0.39, 0.29) is 0 Å². The summed E-state index contributed by atoms with van der Waals surface area (Å²) in [6.07, 6.45) is 2.90. The van der Waals surface area contributed by atoms with E-state index in [9.17, 15) is 5.11 Å². The smallest absolute Gasteiger partial charge is 0.136 e. The van der Waals surface area contributed by atoms with Crippen LogP contribution in [0.1, 0.15) is 38.7 Å². The van der Waals surface area contributed by atoms with E-state index in [2.05, 4.69) is 25.7 Å². The van der Waals surface area contributed by atoms with Gasteiger partial charge in [-0.1, -0.05) is 13.0 Å². The molecule has 3 nitrogen and oxygen atoms in total. The summed E-state index contributed by atoms with van der Waals surface area (Å²) in [5.74, 6) is 1.92. The zero-order chi connectivity index (χ0) is 13.8. The van der Waals surface area contributed by atoms with Gasteiger partial charge in [0.1, 0.15) is 17.1 Å². The number of rotatable bonds is 7. The highest BCUT2D eigenvalue weighted by Crippen LogP contribution is 2.22. The summed E-state index contributed by atoms with van der Waals surface area (Å²) in [7, 11) is 0. The fourth-order valence-corrected chi connectivity index (χ4v) is 1.84. The van der Waals surface area contributed by atoms with Gasteiger partial charge in [-0.15, -0.1) is 6.58 Å². The van der Waals surface area contributed by atoms with Crippen LogP contribution in [0, 0.1) is 12.8 Å². The summed E-state index contributed by atoms with van der Waals surface area (Å²) in [5.41, 5.74) is -0.976. The maximum absolute atomic E-state index is 10.4. The maximum Gasteiger partial charge on any atom is 0.136 e. The van der Waals surface area contributed by atoms with E-state index in [1.165, 1.54) is 0 Å². The molecule has 18 heavy (non-hydrogen) atoms. The van der Waals surface area contributed by atoms with Crippen LogP contribution < -0.4 is 5.32 Å². The summed E-state index contributed by atoms with van der Waals surface area (Å²) >= 11 is 0. The van der Waals surface area contributed by atoms with Gasteiger partial charge in [-0.05, 0) is 45.2 Å². The lowest BCUT2D eigenvalue weighted by molar-refractivity contribution is 0.0297. The van der Waals surface area contributed by atoms with E-state index in [1.54, 1.807) is 6.92 Å². The molecule has 2 N–H and O–H groups in total. The second-order valence-corrected chi connectivity index (χ2v) is 5.36. The van der Waals surface area contributed by atoms with Crippen molar-refractivity contribution in [1.29, 1.82) is 0 Å². The van der Waals surface area contributed by atoms with E-state index in [0.717, 1.165) is 12.2 Å². The highest BCUT2D eigenvalue weighted by atomic mass is 16.4. The second-order valence-electron chi connectivity index (χ2n) is 5.36. The van der Waals surface area contributed by atoms with E-state index >= 15 is 0 Å². The molecule has 1 aromatic heterocycles. The van der Waals surface area contributed by atoms with Crippen molar-refractivity contribution in [3.63, 3.8) is 0 Å². The Labute approximate surface area is 110 Å². The van der Waals surface area contributed by atoms with Crippen LogP contribution >= 0.6 is 0 Å². The third-order valence-corrected chi connectivity index (χ3v) is 3.43. The number of nitrogens with one attached hydrogen (secondary N) is 1. The van der Waals surface area contributed by atoms with Crippen molar-refractivity contribution in [2.45, 2.75) is 45.8 Å². The Balaban J connectivity index is 2.53. The highest BCUT2D eigenvalue weighted by Gasteiger charge is 2.27. The van der Waals surface area contributed by atoms with Crippen molar-refractivity contribution in [2.24, 2.45) is 5.92 Å². The summed E-state index contributed by atoms with van der Waals surface area (Å²) < 4.78 is 5.48. The van der Waals surface area contributed by atoms with Gasteiger partial charge < -0.3 is 14.8 Å². The molecule has 0 saturated carbocycles. The topological polar surface area (TPSA) is 45.4 Å². The van der Waals surface area contributed by atoms with Crippen LogP contribution in [0.25, 0.3) is 0 Å². The first-order valence-corrected chi connectivity index (χ1v) is 6.50. The number of furan rings is 1. The molecule has 0 amide bonds. The minimum absolute atomic E-state index is 0.325. The molecule has 0 aromatic carbocycles. The van der Waals surface area contributed by atoms with Crippen LogP contribution in [0.3, 0.4) is 0 Å². The fourth-order valence-electron chi connectivity index (χ4n) is 1.84. The van der Waals surface area contributed by atoms with E-state index in [1.807, 2.05) is 25.1 Å². The predicted molar refractivity (Wildman–Crippen MR) is 74.5 cm³/mol. The van der Waals surface area contributed by atoms with Gasteiger partial charge in [-0.2, -0.15) is 0 Å². The average Bonchev–Trinajstić information content (AvgIpc) is 2.74. The Kier molecular flexibility index (Phi) is 5.17. The molecule has 0 spiro atoms. The molecule has 1 heterocycles. The third kappa shape index (κ3) is 4.00. The van der Waals surface area contributed by atoms with Crippen LogP contribution in [0.2, 0.25) is 0 Å². The molecule has 1 aromatic rings. The van der Waals surface area contributed by atoms with Gasteiger partial charge in [-0.3, -0.25) is 0 Å². The minimum Gasteiger partial charge on any atom is -0.463 e. The lowest BCUT2D eigenvalue weighted by Crippen LogP contribution is -2.41. The SMILES string of the molecule is C=CCC(C)C(C)NCC(C)(O)c1ccc(C)o1. The van der Waals surface area contributed by atoms with Gasteiger partial charge in [-0.25, -0.2) is 0 Å². The minimum atomic E-state index is -0.976. The number of hydrogen-bond acceptors (Lipinski definition) is 3. The quantitative estimate of drug-likeness (QED) is 0.732.